The van der Waals surface area contributed by atoms with Crippen molar-refractivity contribution < 1.29 is 4.79 Å². The Labute approximate surface area is 98.4 Å². The zero-order valence-corrected chi connectivity index (χ0v) is 10.5. The third kappa shape index (κ3) is 2.24. The van der Waals surface area contributed by atoms with Crippen molar-refractivity contribution in [3.8, 4) is 0 Å². The monoisotopic (exact) mass is 224 g/mol. The van der Waals surface area contributed by atoms with E-state index in [1.54, 1.807) is 0 Å². The summed E-state index contributed by atoms with van der Waals surface area (Å²) in [5.41, 5.74) is 5.77. The number of likely N-dealkylation sites (tertiary alicyclic amines) is 1. The van der Waals surface area contributed by atoms with Gasteiger partial charge in [-0.1, -0.05) is 26.7 Å². The van der Waals surface area contributed by atoms with E-state index in [1.807, 2.05) is 4.90 Å². The summed E-state index contributed by atoms with van der Waals surface area (Å²) in [4.78, 5) is 14.4. The first-order valence-electron chi connectivity index (χ1n) is 6.59. The third-order valence-corrected chi connectivity index (χ3v) is 4.17. The van der Waals surface area contributed by atoms with Crippen LogP contribution in [-0.2, 0) is 4.79 Å². The van der Waals surface area contributed by atoms with Crippen LogP contribution in [0.3, 0.4) is 0 Å². The number of hydrogen-bond donors (Lipinski definition) is 1. The van der Waals surface area contributed by atoms with E-state index in [0.717, 1.165) is 38.8 Å². The van der Waals surface area contributed by atoms with Gasteiger partial charge in [-0.15, -0.1) is 0 Å². The van der Waals surface area contributed by atoms with Crippen molar-refractivity contribution >= 4 is 5.91 Å². The van der Waals surface area contributed by atoms with Gasteiger partial charge in [-0.25, -0.2) is 0 Å². The number of hydrogen-bond acceptors (Lipinski definition) is 2. The molecular formula is C13H24N2O. The highest BCUT2D eigenvalue weighted by Gasteiger charge is 2.41. The first kappa shape index (κ1) is 11.9. The summed E-state index contributed by atoms with van der Waals surface area (Å²) in [7, 11) is 0. The molecule has 0 radical (unpaired) electrons. The maximum absolute atomic E-state index is 12.4. The molecule has 1 heterocycles. The van der Waals surface area contributed by atoms with E-state index in [0.29, 0.717) is 11.8 Å². The van der Waals surface area contributed by atoms with E-state index >= 15 is 0 Å². The fourth-order valence-corrected chi connectivity index (χ4v) is 3.22. The van der Waals surface area contributed by atoms with Crippen molar-refractivity contribution in [2.24, 2.45) is 17.6 Å². The summed E-state index contributed by atoms with van der Waals surface area (Å²) in [6, 6.07) is 0. The first-order valence-corrected chi connectivity index (χ1v) is 6.59. The SMILES string of the molecule is CC1CCN(C(=O)C2(N)CCCC(C)C2)C1. The Balaban J connectivity index is 2.02. The van der Waals surface area contributed by atoms with Crippen LogP contribution < -0.4 is 5.73 Å². The van der Waals surface area contributed by atoms with E-state index in [-0.39, 0.29) is 5.91 Å². The second kappa shape index (κ2) is 4.36. The zero-order valence-electron chi connectivity index (χ0n) is 10.5. The van der Waals surface area contributed by atoms with Crippen LogP contribution in [-0.4, -0.2) is 29.4 Å². The fraction of sp³-hybridized carbons (Fsp3) is 0.923. The predicted octanol–water partition coefficient (Wildman–Crippen LogP) is 1.76. The molecule has 1 aliphatic carbocycles. The van der Waals surface area contributed by atoms with Crippen LogP contribution in [0.2, 0.25) is 0 Å². The van der Waals surface area contributed by atoms with Gasteiger partial charge < -0.3 is 10.6 Å². The Kier molecular flexibility index (Phi) is 3.24. The normalized spacial score (nSPS) is 40.1. The fourth-order valence-electron chi connectivity index (χ4n) is 3.22. The highest BCUT2D eigenvalue weighted by Crippen LogP contribution is 2.33. The van der Waals surface area contributed by atoms with E-state index < -0.39 is 5.54 Å². The van der Waals surface area contributed by atoms with Crippen LogP contribution in [0.4, 0.5) is 0 Å². The Morgan fingerprint density at radius 1 is 1.31 bits per heavy atom. The van der Waals surface area contributed by atoms with E-state index in [1.165, 1.54) is 6.42 Å². The zero-order chi connectivity index (χ0) is 11.8. The van der Waals surface area contributed by atoms with Gasteiger partial charge in [0.15, 0.2) is 0 Å². The van der Waals surface area contributed by atoms with Gasteiger partial charge in [-0.3, -0.25) is 4.79 Å². The van der Waals surface area contributed by atoms with Gasteiger partial charge in [0.1, 0.15) is 0 Å². The predicted molar refractivity (Wildman–Crippen MR) is 64.9 cm³/mol. The molecule has 2 rings (SSSR count). The molecule has 16 heavy (non-hydrogen) atoms. The smallest absolute Gasteiger partial charge is 0.242 e. The van der Waals surface area contributed by atoms with Gasteiger partial charge in [-0.05, 0) is 31.1 Å². The Morgan fingerprint density at radius 3 is 2.62 bits per heavy atom. The second-order valence-electron chi connectivity index (χ2n) is 6.00. The highest BCUT2D eigenvalue weighted by molar-refractivity contribution is 5.86. The minimum absolute atomic E-state index is 0.211. The average Bonchev–Trinajstić information content (AvgIpc) is 2.63. The Hall–Kier alpha value is -0.570. The van der Waals surface area contributed by atoms with Gasteiger partial charge >= 0.3 is 0 Å². The summed E-state index contributed by atoms with van der Waals surface area (Å²) in [5, 5.41) is 0. The molecule has 1 saturated carbocycles. The molecule has 2 N–H and O–H groups in total. The van der Waals surface area contributed by atoms with Gasteiger partial charge in [0.25, 0.3) is 0 Å². The van der Waals surface area contributed by atoms with E-state index in [2.05, 4.69) is 13.8 Å². The number of nitrogens with zero attached hydrogens (tertiary/aromatic N) is 1. The number of carbonyl (C=O) groups excluding carboxylic acids is 1. The van der Waals surface area contributed by atoms with Crippen molar-refractivity contribution in [3.63, 3.8) is 0 Å². The quantitative estimate of drug-likeness (QED) is 0.737. The highest BCUT2D eigenvalue weighted by atomic mass is 16.2. The van der Waals surface area contributed by atoms with Gasteiger partial charge in [0, 0.05) is 13.1 Å². The molecule has 92 valence electrons. The average molecular weight is 224 g/mol. The summed E-state index contributed by atoms with van der Waals surface area (Å²) < 4.78 is 0. The molecule has 0 bridgehead atoms. The van der Waals surface area contributed by atoms with Crippen molar-refractivity contribution in [2.75, 3.05) is 13.1 Å². The maximum Gasteiger partial charge on any atom is 0.242 e. The molecule has 1 amide bonds. The molecule has 0 aromatic carbocycles. The van der Waals surface area contributed by atoms with Crippen molar-refractivity contribution in [2.45, 2.75) is 51.5 Å². The van der Waals surface area contributed by atoms with Crippen LogP contribution in [0.1, 0.15) is 46.0 Å². The Bertz CT molecular complexity index is 279. The summed E-state index contributed by atoms with van der Waals surface area (Å²) >= 11 is 0. The minimum Gasteiger partial charge on any atom is -0.341 e. The van der Waals surface area contributed by atoms with Gasteiger partial charge in [-0.2, -0.15) is 0 Å². The molecule has 0 aromatic heterocycles. The maximum atomic E-state index is 12.4. The van der Waals surface area contributed by atoms with Gasteiger partial charge in [0.05, 0.1) is 5.54 Å². The number of nitrogens with two attached hydrogens (primary N) is 1. The third-order valence-electron chi connectivity index (χ3n) is 4.17. The molecule has 3 heteroatoms. The first-order chi connectivity index (χ1) is 7.51. The second-order valence-corrected chi connectivity index (χ2v) is 6.00. The molecule has 1 saturated heterocycles. The van der Waals surface area contributed by atoms with E-state index in [9.17, 15) is 4.79 Å². The summed E-state index contributed by atoms with van der Waals surface area (Å²) in [6.45, 7) is 6.24. The van der Waals surface area contributed by atoms with E-state index in [4.69, 9.17) is 5.73 Å². The van der Waals surface area contributed by atoms with Crippen molar-refractivity contribution in [1.29, 1.82) is 0 Å². The molecule has 3 atom stereocenters. The summed E-state index contributed by atoms with van der Waals surface area (Å²) in [6.07, 6.45) is 5.21. The lowest BCUT2D eigenvalue weighted by atomic mass is 9.76. The lowest BCUT2D eigenvalue weighted by molar-refractivity contribution is -0.137. The molecule has 3 unspecified atom stereocenters. The van der Waals surface area contributed by atoms with Crippen LogP contribution >= 0.6 is 0 Å². The molecule has 3 nitrogen and oxygen atoms in total. The standard InChI is InChI=1S/C13H24N2O/c1-10-4-3-6-13(14,8-10)12(16)15-7-5-11(2)9-15/h10-11H,3-9,14H2,1-2H3. The molecule has 2 aliphatic rings. The number of carbonyl (C=O) groups is 1. The van der Waals surface area contributed by atoms with Crippen molar-refractivity contribution in [1.82, 2.24) is 4.90 Å². The molecular weight excluding hydrogens is 200 g/mol. The molecule has 0 aromatic rings. The van der Waals surface area contributed by atoms with Crippen LogP contribution in [0.25, 0.3) is 0 Å². The lowest BCUT2D eigenvalue weighted by Gasteiger charge is -2.38. The van der Waals surface area contributed by atoms with Gasteiger partial charge in [0.2, 0.25) is 5.91 Å². The van der Waals surface area contributed by atoms with Crippen LogP contribution in [0.5, 0.6) is 0 Å². The number of amides is 1. The molecule has 2 fully saturated rings. The van der Waals surface area contributed by atoms with Crippen molar-refractivity contribution in [3.05, 3.63) is 0 Å². The Morgan fingerprint density at radius 2 is 2.06 bits per heavy atom. The van der Waals surface area contributed by atoms with Crippen LogP contribution in [0, 0.1) is 11.8 Å². The lowest BCUT2D eigenvalue weighted by Crippen LogP contribution is -2.56. The number of rotatable bonds is 1. The minimum atomic E-state index is -0.554. The van der Waals surface area contributed by atoms with Crippen LogP contribution in [0.15, 0.2) is 0 Å². The molecule has 1 aliphatic heterocycles. The largest absolute Gasteiger partial charge is 0.341 e. The topological polar surface area (TPSA) is 46.3 Å². The molecule has 0 spiro atoms. The summed E-state index contributed by atoms with van der Waals surface area (Å²) in [5.74, 6) is 1.46.